The zero-order valence-electron chi connectivity index (χ0n) is 13.6. The van der Waals surface area contributed by atoms with E-state index in [4.69, 9.17) is 4.74 Å². The van der Waals surface area contributed by atoms with Crippen LogP contribution in [0.5, 0.6) is 5.75 Å². The highest BCUT2D eigenvalue weighted by atomic mass is 19.1. The Hall–Kier alpha value is -2.37. The number of likely N-dealkylation sites (tertiary alicyclic amines) is 1. The molecule has 5 nitrogen and oxygen atoms in total. The molecule has 24 heavy (non-hydrogen) atoms. The van der Waals surface area contributed by atoms with Crippen molar-refractivity contribution in [2.45, 2.75) is 38.2 Å². The maximum atomic E-state index is 13.3. The molecule has 2 aliphatic rings. The van der Waals surface area contributed by atoms with Gasteiger partial charge in [0.2, 0.25) is 0 Å². The second-order valence-corrected chi connectivity index (χ2v) is 6.66. The van der Waals surface area contributed by atoms with Crippen LogP contribution >= 0.6 is 0 Å². The number of nitrogens with zero attached hydrogens (tertiary/aromatic N) is 2. The maximum Gasteiger partial charge on any atom is 0.264 e. The third-order valence-corrected chi connectivity index (χ3v) is 4.85. The van der Waals surface area contributed by atoms with Crippen LogP contribution in [-0.4, -0.2) is 40.2 Å². The first-order valence-corrected chi connectivity index (χ1v) is 8.36. The van der Waals surface area contributed by atoms with E-state index in [0.29, 0.717) is 18.7 Å². The molecule has 1 N–H and O–H groups in total. The molecule has 0 spiro atoms. The molecule has 2 atom stereocenters. The molecule has 2 aromatic rings. The van der Waals surface area contributed by atoms with Gasteiger partial charge >= 0.3 is 0 Å². The summed E-state index contributed by atoms with van der Waals surface area (Å²) in [5.41, 5.74) is 2.82. The van der Waals surface area contributed by atoms with Crippen molar-refractivity contribution in [3.8, 4) is 5.75 Å². The molecule has 4 rings (SSSR count). The lowest BCUT2D eigenvalue weighted by Gasteiger charge is -2.33. The van der Waals surface area contributed by atoms with Crippen LogP contribution in [0.4, 0.5) is 4.39 Å². The number of carbonyl (C=O) groups is 1. The highest BCUT2D eigenvalue weighted by Gasteiger charge is 2.35. The number of aryl methyl sites for hydroxylation is 1. The van der Waals surface area contributed by atoms with Crippen molar-refractivity contribution in [3.63, 3.8) is 0 Å². The number of halogens is 1. The van der Waals surface area contributed by atoms with Crippen LogP contribution in [0.2, 0.25) is 0 Å². The van der Waals surface area contributed by atoms with Crippen molar-refractivity contribution < 1.29 is 13.9 Å². The molecule has 1 fully saturated rings. The third-order valence-electron chi connectivity index (χ3n) is 4.85. The molecule has 0 saturated carbocycles. The fraction of sp³-hybridized carbons (Fsp3) is 0.444. The fourth-order valence-electron chi connectivity index (χ4n) is 3.63. The number of hydrogen-bond acceptors (Lipinski definition) is 3. The number of rotatable bonds is 2. The van der Waals surface area contributed by atoms with Gasteiger partial charge in [0.25, 0.3) is 5.91 Å². The Balaban J connectivity index is 1.45. The van der Waals surface area contributed by atoms with E-state index >= 15 is 0 Å². The predicted octanol–water partition coefficient (Wildman–Crippen LogP) is 2.57. The lowest BCUT2D eigenvalue weighted by Crippen LogP contribution is -2.46. The minimum atomic E-state index is -0.540. The average Bonchev–Trinajstić information content (AvgIpc) is 3.20. The van der Waals surface area contributed by atoms with Crippen LogP contribution < -0.4 is 4.74 Å². The quantitative estimate of drug-likeness (QED) is 0.921. The lowest BCUT2D eigenvalue weighted by atomic mass is 9.94. The molecule has 1 aromatic heterocycles. The maximum absolute atomic E-state index is 13.3. The Morgan fingerprint density at radius 2 is 2.29 bits per heavy atom. The summed E-state index contributed by atoms with van der Waals surface area (Å²) in [5, 5.41) is 7.31. The number of carbonyl (C=O) groups excluding carboxylic acids is 1. The lowest BCUT2D eigenvalue weighted by molar-refractivity contribution is -0.139. The summed E-state index contributed by atoms with van der Waals surface area (Å²) in [6, 6.07) is 6.46. The Morgan fingerprint density at radius 3 is 3.08 bits per heavy atom. The van der Waals surface area contributed by atoms with Gasteiger partial charge in [-0.05, 0) is 44.0 Å². The van der Waals surface area contributed by atoms with Gasteiger partial charge in [-0.2, -0.15) is 5.10 Å². The van der Waals surface area contributed by atoms with Crippen molar-refractivity contribution in [1.29, 1.82) is 0 Å². The number of nitrogens with one attached hydrogen (secondary N) is 1. The monoisotopic (exact) mass is 329 g/mol. The van der Waals surface area contributed by atoms with Crippen molar-refractivity contribution in [3.05, 3.63) is 47.0 Å². The van der Waals surface area contributed by atoms with Gasteiger partial charge in [0.15, 0.2) is 6.10 Å². The Labute approximate surface area is 139 Å². The number of ether oxygens (including phenoxy) is 1. The van der Waals surface area contributed by atoms with Crippen LogP contribution in [0.25, 0.3) is 0 Å². The van der Waals surface area contributed by atoms with Gasteiger partial charge in [-0.25, -0.2) is 4.39 Å². The van der Waals surface area contributed by atoms with Gasteiger partial charge < -0.3 is 9.64 Å². The number of benzene rings is 1. The summed E-state index contributed by atoms with van der Waals surface area (Å²) in [5.74, 6) is 0.570. The average molecular weight is 329 g/mol. The molecule has 6 heteroatoms. The second-order valence-electron chi connectivity index (χ2n) is 6.66. The number of fused-ring (bicyclic) bond motifs is 1. The topological polar surface area (TPSA) is 58.2 Å². The summed E-state index contributed by atoms with van der Waals surface area (Å²) < 4.78 is 19.1. The van der Waals surface area contributed by atoms with Gasteiger partial charge in [0, 0.05) is 36.7 Å². The summed E-state index contributed by atoms with van der Waals surface area (Å²) in [6.07, 6.45) is 1.89. The summed E-state index contributed by atoms with van der Waals surface area (Å²) in [6.45, 7) is 3.38. The van der Waals surface area contributed by atoms with E-state index in [9.17, 15) is 9.18 Å². The minimum Gasteiger partial charge on any atom is -0.480 e. The molecule has 2 aliphatic heterocycles. The smallest absolute Gasteiger partial charge is 0.264 e. The van der Waals surface area contributed by atoms with Crippen LogP contribution in [-0.2, 0) is 11.2 Å². The highest BCUT2D eigenvalue weighted by Crippen LogP contribution is 2.32. The molecule has 1 amide bonds. The van der Waals surface area contributed by atoms with E-state index in [2.05, 4.69) is 10.2 Å². The number of piperidine rings is 1. The summed E-state index contributed by atoms with van der Waals surface area (Å²) in [7, 11) is 0. The summed E-state index contributed by atoms with van der Waals surface area (Å²) in [4.78, 5) is 14.7. The normalized spacial score (nSPS) is 23.0. The number of hydrogen-bond donors (Lipinski definition) is 1. The van der Waals surface area contributed by atoms with Crippen LogP contribution in [0.3, 0.4) is 0 Å². The molecular formula is C18H20FN3O2. The molecule has 0 unspecified atom stereocenters. The predicted molar refractivity (Wildman–Crippen MR) is 86.4 cm³/mol. The van der Waals surface area contributed by atoms with Gasteiger partial charge in [0.05, 0.1) is 5.69 Å². The first kappa shape index (κ1) is 15.2. The molecular weight excluding hydrogens is 309 g/mol. The van der Waals surface area contributed by atoms with Gasteiger partial charge in [-0.1, -0.05) is 0 Å². The highest BCUT2D eigenvalue weighted by molar-refractivity contribution is 5.82. The molecule has 0 radical (unpaired) electrons. The van der Waals surface area contributed by atoms with Crippen molar-refractivity contribution in [2.75, 3.05) is 13.1 Å². The van der Waals surface area contributed by atoms with Gasteiger partial charge in [-0.15, -0.1) is 0 Å². The number of H-pyrrole nitrogens is 1. The Bertz CT molecular complexity index is 773. The SMILES string of the molecule is Cc1cc([C@@H]2CCCN(C(=O)[C@H]3Cc4cc(F)ccc4O3)C2)n[nH]1. The molecule has 1 aromatic carbocycles. The van der Waals surface area contributed by atoms with E-state index in [1.807, 2.05) is 17.9 Å². The fourth-order valence-corrected chi connectivity index (χ4v) is 3.63. The van der Waals surface area contributed by atoms with Gasteiger partial charge in [0.1, 0.15) is 11.6 Å². The zero-order valence-corrected chi connectivity index (χ0v) is 13.6. The molecule has 1 saturated heterocycles. The number of amides is 1. The largest absolute Gasteiger partial charge is 0.480 e. The van der Waals surface area contributed by atoms with E-state index < -0.39 is 6.10 Å². The molecule has 0 aliphatic carbocycles. The standard InChI is InChI=1S/C18H20FN3O2/c1-11-7-15(21-20-11)12-3-2-6-22(10-12)18(23)17-9-13-8-14(19)4-5-16(13)24-17/h4-5,7-8,12,17H,2-3,6,9-10H2,1H3,(H,20,21)/t12-,17-/m1/s1. The first-order chi connectivity index (χ1) is 11.6. The zero-order chi connectivity index (χ0) is 16.7. The van der Waals surface area contributed by atoms with Gasteiger partial charge in [-0.3, -0.25) is 9.89 Å². The van der Waals surface area contributed by atoms with Crippen LogP contribution in [0.1, 0.15) is 35.7 Å². The number of aromatic nitrogens is 2. The Morgan fingerprint density at radius 1 is 1.42 bits per heavy atom. The van der Waals surface area contributed by atoms with Crippen molar-refractivity contribution in [2.24, 2.45) is 0 Å². The molecule has 0 bridgehead atoms. The van der Waals surface area contributed by atoms with Crippen molar-refractivity contribution >= 4 is 5.91 Å². The van der Waals surface area contributed by atoms with E-state index in [1.54, 1.807) is 6.07 Å². The second kappa shape index (κ2) is 5.92. The van der Waals surface area contributed by atoms with Crippen LogP contribution in [0.15, 0.2) is 24.3 Å². The minimum absolute atomic E-state index is 0.0106. The van der Waals surface area contributed by atoms with Crippen molar-refractivity contribution in [1.82, 2.24) is 15.1 Å². The third kappa shape index (κ3) is 2.77. The van der Waals surface area contributed by atoms with E-state index in [0.717, 1.165) is 36.3 Å². The molecule has 3 heterocycles. The molecule has 126 valence electrons. The summed E-state index contributed by atoms with van der Waals surface area (Å²) >= 11 is 0. The Kier molecular flexibility index (Phi) is 3.75. The van der Waals surface area contributed by atoms with E-state index in [1.165, 1.54) is 12.1 Å². The first-order valence-electron chi connectivity index (χ1n) is 8.36. The number of aromatic amines is 1. The van der Waals surface area contributed by atoms with Crippen LogP contribution in [0, 0.1) is 12.7 Å². The van der Waals surface area contributed by atoms with E-state index in [-0.39, 0.29) is 17.6 Å².